The number of carbonyl (C=O) groups excluding carboxylic acids is 2. The molecule has 1 aliphatic heterocycles. The fraction of sp³-hybridized carbons (Fsp3) is 0.381. The van der Waals surface area contributed by atoms with Crippen LogP contribution >= 0.6 is 0 Å². The zero-order valence-corrected chi connectivity index (χ0v) is 16.1. The van der Waals surface area contributed by atoms with E-state index in [1.54, 1.807) is 18.3 Å². The van der Waals surface area contributed by atoms with Crippen LogP contribution < -0.4 is 15.5 Å². The topological polar surface area (TPSA) is 74.3 Å². The summed E-state index contributed by atoms with van der Waals surface area (Å²) < 4.78 is 0. The molecule has 2 heterocycles. The number of carbonyl (C=O) groups is 2. The standard InChI is InChI=1S/C21H26N4O2/c1-21(2,3)20(27)23-12-11-22-18-9-8-16(14-24-18)19(26)25-13-10-15-6-4-5-7-17(15)25/h4-9,14H,10-13H2,1-3H3,(H,22,24)(H,23,27). The molecule has 0 aliphatic carbocycles. The van der Waals surface area contributed by atoms with Gasteiger partial charge in [-0.3, -0.25) is 9.59 Å². The van der Waals surface area contributed by atoms with Gasteiger partial charge in [-0.1, -0.05) is 39.0 Å². The van der Waals surface area contributed by atoms with Crippen molar-refractivity contribution in [1.29, 1.82) is 0 Å². The highest BCUT2D eigenvalue weighted by atomic mass is 16.2. The van der Waals surface area contributed by atoms with Crippen LogP contribution in [0.3, 0.4) is 0 Å². The SMILES string of the molecule is CC(C)(C)C(=O)NCCNc1ccc(C(=O)N2CCc3ccccc32)cn1. The molecule has 27 heavy (non-hydrogen) atoms. The third kappa shape index (κ3) is 4.45. The Hall–Kier alpha value is -2.89. The van der Waals surface area contributed by atoms with Gasteiger partial charge in [0.1, 0.15) is 5.82 Å². The summed E-state index contributed by atoms with van der Waals surface area (Å²) in [5, 5.41) is 6.03. The highest BCUT2D eigenvalue weighted by Gasteiger charge is 2.25. The third-order valence-corrected chi connectivity index (χ3v) is 4.54. The molecule has 6 heteroatoms. The molecule has 2 amide bonds. The molecule has 0 fully saturated rings. The van der Waals surface area contributed by atoms with Crippen molar-refractivity contribution >= 4 is 23.3 Å². The Morgan fingerprint density at radius 3 is 2.59 bits per heavy atom. The molecule has 0 atom stereocenters. The molecule has 1 aromatic carbocycles. The second kappa shape index (κ2) is 7.78. The first-order chi connectivity index (χ1) is 12.9. The minimum atomic E-state index is -0.394. The summed E-state index contributed by atoms with van der Waals surface area (Å²) in [6.07, 6.45) is 2.48. The molecule has 1 aliphatic rings. The smallest absolute Gasteiger partial charge is 0.259 e. The van der Waals surface area contributed by atoms with Crippen molar-refractivity contribution in [3.8, 4) is 0 Å². The Labute approximate surface area is 160 Å². The Morgan fingerprint density at radius 2 is 1.89 bits per heavy atom. The van der Waals surface area contributed by atoms with Gasteiger partial charge in [-0.2, -0.15) is 0 Å². The van der Waals surface area contributed by atoms with Crippen molar-refractivity contribution in [1.82, 2.24) is 10.3 Å². The summed E-state index contributed by atoms with van der Waals surface area (Å²) >= 11 is 0. The van der Waals surface area contributed by atoms with Gasteiger partial charge in [-0.15, -0.1) is 0 Å². The molecule has 6 nitrogen and oxygen atoms in total. The lowest BCUT2D eigenvalue weighted by Crippen LogP contribution is -2.37. The zero-order valence-electron chi connectivity index (χ0n) is 16.1. The number of benzene rings is 1. The zero-order chi connectivity index (χ0) is 19.4. The largest absolute Gasteiger partial charge is 0.368 e. The molecule has 0 saturated carbocycles. The second-order valence-corrected chi connectivity index (χ2v) is 7.70. The predicted molar refractivity (Wildman–Crippen MR) is 107 cm³/mol. The van der Waals surface area contributed by atoms with Gasteiger partial charge in [0.2, 0.25) is 5.91 Å². The fourth-order valence-electron chi connectivity index (χ4n) is 2.96. The van der Waals surface area contributed by atoms with Gasteiger partial charge < -0.3 is 15.5 Å². The van der Waals surface area contributed by atoms with Crippen LogP contribution in [0.2, 0.25) is 0 Å². The van der Waals surface area contributed by atoms with E-state index in [-0.39, 0.29) is 11.8 Å². The van der Waals surface area contributed by atoms with Gasteiger partial charge in [-0.05, 0) is 30.2 Å². The van der Waals surface area contributed by atoms with E-state index in [2.05, 4.69) is 21.7 Å². The van der Waals surface area contributed by atoms with Crippen molar-refractivity contribution in [3.63, 3.8) is 0 Å². The van der Waals surface area contributed by atoms with Gasteiger partial charge in [0, 0.05) is 36.9 Å². The summed E-state index contributed by atoms with van der Waals surface area (Å²) in [6, 6.07) is 11.6. The van der Waals surface area contributed by atoms with E-state index in [9.17, 15) is 9.59 Å². The summed E-state index contributed by atoms with van der Waals surface area (Å²) in [7, 11) is 0. The fourth-order valence-corrected chi connectivity index (χ4v) is 2.96. The first kappa shape index (κ1) is 18.9. The number of amides is 2. The van der Waals surface area contributed by atoms with E-state index < -0.39 is 5.41 Å². The summed E-state index contributed by atoms with van der Waals surface area (Å²) in [6.45, 7) is 7.43. The maximum absolute atomic E-state index is 12.8. The molecule has 1 aromatic heterocycles. The lowest BCUT2D eigenvalue weighted by atomic mass is 9.96. The maximum atomic E-state index is 12.8. The monoisotopic (exact) mass is 366 g/mol. The van der Waals surface area contributed by atoms with Crippen LogP contribution in [0, 0.1) is 5.41 Å². The van der Waals surface area contributed by atoms with E-state index in [4.69, 9.17) is 0 Å². The van der Waals surface area contributed by atoms with Crippen molar-refractivity contribution in [2.24, 2.45) is 5.41 Å². The number of rotatable bonds is 5. The van der Waals surface area contributed by atoms with Crippen LogP contribution in [0.1, 0.15) is 36.7 Å². The van der Waals surface area contributed by atoms with E-state index >= 15 is 0 Å². The quantitative estimate of drug-likeness (QED) is 0.798. The lowest BCUT2D eigenvalue weighted by molar-refractivity contribution is -0.128. The Bertz CT molecular complexity index is 825. The van der Waals surface area contributed by atoms with Crippen LogP contribution in [-0.4, -0.2) is 36.4 Å². The van der Waals surface area contributed by atoms with Crippen molar-refractivity contribution < 1.29 is 9.59 Å². The minimum Gasteiger partial charge on any atom is -0.368 e. The van der Waals surface area contributed by atoms with Crippen molar-refractivity contribution in [2.45, 2.75) is 27.2 Å². The number of para-hydroxylation sites is 1. The van der Waals surface area contributed by atoms with Gasteiger partial charge in [0.05, 0.1) is 5.56 Å². The highest BCUT2D eigenvalue weighted by Crippen LogP contribution is 2.28. The molecule has 0 unspecified atom stereocenters. The minimum absolute atomic E-state index is 0.0177. The molecule has 0 radical (unpaired) electrons. The highest BCUT2D eigenvalue weighted by molar-refractivity contribution is 6.07. The Morgan fingerprint density at radius 1 is 1.11 bits per heavy atom. The lowest BCUT2D eigenvalue weighted by Gasteiger charge is -2.18. The normalized spacial score (nSPS) is 13.2. The van der Waals surface area contributed by atoms with Gasteiger partial charge in [0.15, 0.2) is 0 Å². The second-order valence-electron chi connectivity index (χ2n) is 7.70. The van der Waals surface area contributed by atoms with E-state index in [0.29, 0.717) is 31.0 Å². The molecule has 0 bridgehead atoms. The van der Waals surface area contributed by atoms with E-state index in [0.717, 1.165) is 12.1 Å². The van der Waals surface area contributed by atoms with Gasteiger partial charge in [0.25, 0.3) is 5.91 Å². The number of nitrogens with one attached hydrogen (secondary N) is 2. The van der Waals surface area contributed by atoms with Crippen LogP contribution in [0.25, 0.3) is 0 Å². The molecular weight excluding hydrogens is 340 g/mol. The van der Waals surface area contributed by atoms with Crippen LogP contribution in [-0.2, 0) is 11.2 Å². The third-order valence-electron chi connectivity index (χ3n) is 4.54. The number of nitrogens with zero attached hydrogens (tertiary/aromatic N) is 2. The molecule has 142 valence electrons. The maximum Gasteiger partial charge on any atom is 0.259 e. The average molecular weight is 366 g/mol. The first-order valence-corrected chi connectivity index (χ1v) is 9.24. The number of pyridine rings is 1. The Balaban J connectivity index is 1.53. The van der Waals surface area contributed by atoms with E-state index in [1.165, 1.54) is 5.56 Å². The summed E-state index contributed by atoms with van der Waals surface area (Å²) in [5.41, 5.74) is 2.36. The average Bonchev–Trinajstić information content (AvgIpc) is 3.08. The summed E-state index contributed by atoms with van der Waals surface area (Å²) in [4.78, 5) is 30.7. The molecule has 0 saturated heterocycles. The number of hydrogen-bond donors (Lipinski definition) is 2. The molecule has 2 aromatic rings. The van der Waals surface area contributed by atoms with Crippen LogP contribution in [0.4, 0.5) is 11.5 Å². The Kier molecular flexibility index (Phi) is 5.44. The number of hydrogen-bond acceptors (Lipinski definition) is 4. The van der Waals surface area contributed by atoms with Gasteiger partial charge in [-0.25, -0.2) is 4.98 Å². The van der Waals surface area contributed by atoms with Crippen molar-refractivity contribution in [2.75, 3.05) is 29.9 Å². The summed E-state index contributed by atoms with van der Waals surface area (Å²) in [5.74, 6) is 0.666. The molecular formula is C21H26N4O2. The number of anilines is 2. The predicted octanol–water partition coefficient (Wildman–Crippen LogP) is 2.86. The number of aromatic nitrogens is 1. The first-order valence-electron chi connectivity index (χ1n) is 9.24. The number of fused-ring (bicyclic) bond motifs is 1. The van der Waals surface area contributed by atoms with E-state index in [1.807, 2.05) is 43.9 Å². The molecule has 2 N–H and O–H groups in total. The van der Waals surface area contributed by atoms with Crippen molar-refractivity contribution in [3.05, 3.63) is 53.7 Å². The molecule has 3 rings (SSSR count). The van der Waals surface area contributed by atoms with Gasteiger partial charge >= 0.3 is 0 Å². The van der Waals surface area contributed by atoms with Crippen LogP contribution in [0.5, 0.6) is 0 Å². The van der Waals surface area contributed by atoms with Crippen LogP contribution in [0.15, 0.2) is 42.6 Å². The molecule has 0 spiro atoms.